The maximum Gasteiger partial charge on any atom is 0.252 e. The molecular weight excluding hydrogens is 380 g/mol. The van der Waals surface area contributed by atoms with Gasteiger partial charge >= 0.3 is 0 Å². The molecule has 3 heterocycles. The third-order valence-electron chi connectivity index (χ3n) is 5.86. The second-order valence-electron chi connectivity index (χ2n) is 8.42. The molecule has 30 heavy (non-hydrogen) atoms. The van der Waals surface area contributed by atoms with E-state index in [0.717, 1.165) is 31.5 Å². The van der Waals surface area contributed by atoms with Gasteiger partial charge in [-0.05, 0) is 51.3 Å². The van der Waals surface area contributed by atoms with E-state index in [2.05, 4.69) is 21.8 Å². The Kier molecular flexibility index (Phi) is 5.47. The second kappa shape index (κ2) is 8.07. The topological polar surface area (TPSA) is 78.8 Å². The molecule has 1 N–H and O–H groups in total. The molecule has 4 rings (SSSR count). The van der Waals surface area contributed by atoms with Crippen molar-refractivity contribution in [3.8, 4) is 11.5 Å². The Morgan fingerprint density at radius 2 is 2.17 bits per heavy atom. The van der Waals surface area contributed by atoms with Crippen molar-refractivity contribution >= 4 is 11.7 Å². The van der Waals surface area contributed by atoms with Crippen LogP contribution in [0.3, 0.4) is 0 Å². The number of hydrogen-bond donors (Lipinski definition) is 1. The maximum atomic E-state index is 12.6. The van der Waals surface area contributed by atoms with Gasteiger partial charge in [0.2, 0.25) is 0 Å². The highest BCUT2D eigenvalue weighted by molar-refractivity contribution is 6.05. The summed E-state index contributed by atoms with van der Waals surface area (Å²) >= 11 is 0. The van der Waals surface area contributed by atoms with Crippen molar-refractivity contribution in [2.75, 3.05) is 11.4 Å². The molecule has 0 unspecified atom stereocenters. The molecule has 2 aliphatic rings. The van der Waals surface area contributed by atoms with E-state index in [1.165, 1.54) is 0 Å². The summed E-state index contributed by atoms with van der Waals surface area (Å²) in [5.41, 5.74) is 0.735. The molecule has 7 nitrogen and oxygen atoms in total. The zero-order valence-electron chi connectivity index (χ0n) is 17.7. The van der Waals surface area contributed by atoms with Crippen LogP contribution in [0.5, 0.6) is 11.5 Å². The Morgan fingerprint density at radius 3 is 2.87 bits per heavy atom. The minimum absolute atomic E-state index is 0.00122. The highest BCUT2D eigenvalue weighted by Crippen LogP contribution is 2.40. The Hall–Kier alpha value is -2.93. The highest BCUT2D eigenvalue weighted by atomic mass is 16.5. The van der Waals surface area contributed by atoms with Crippen molar-refractivity contribution in [1.29, 1.82) is 0 Å². The molecule has 158 valence electrons. The summed E-state index contributed by atoms with van der Waals surface area (Å²) < 4.78 is 5.72. The molecule has 1 amide bonds. The van der Waals surface area contributed by atoms with Crippen LogP contribution in [-0.2, 0) is 11.3 Å². The zero-order valence-corrected chi connectivity index (χ0v) is 17.7. The number of benzene rings is 1. The first-order valence-corrected chi connectivity index (χ1v) is 10.4. The quantitative estimate of drug-likeness (QED) is 0.818. The summed E-state index contributed by atoms with van der Waals surface area (Å²) in [5.74, 6) is 1.24. The number of rotatable bonds is 5. The molecule has 1 aromatic carbocycles. The zero-order chi connectivity index (χ0) is 21.3. The number of aromatic hydroxyl groups is 1. The lowest BCUT2D eigenvalue weighted by molar-refractivity contribution is -0.114. The number of aromatic nitrogens is 2. The van der Waals surface area contributed by atoms with Gasteiger partial charge in [-0.1, -0.05) is 12.1 Å². The van der Waals surface area contributed by atoms with Crippen molar-refractivity contribution in [1.82, 2.24) is 14.9 Å². The van der Waals surface area contributed by atoms with E-state index < -0.39 is 0 Å². The maximum absolute atomic E-state index is 12.6. The number of carbonyl (C=O) groups excluding carboxylic acids is 1. The van der Waals surface area contributed by atoms with E-state index in [1.54, 1.807) is 35.6 Å². The molecule has 1 spiro atoms. The van der Waals surface area contributed by atoms with Crippen LogP contribution in [0.2, 0.25) is 0 Å². The number of likely N-dealkylation sites (tertiary alicyclic amines) is 1. The van der Waals surface area contributed by atoms with Crippen molar-refractivity contribution in [3.63, 3.8) is 0 Å². The fourth-order valence-electron chi connectivity index (χ4n) is 4.47. The lowest BCUT2D eigenvalue weighted by Crippen LogP contribution is -2.56. The minimum atomic E-state index is -0.357. The molecule has 2 aromatic rings. The summed E-state index contributed by atoms with van der Waals surface area (Å²) in [6.07, 6.45) is 10.2. The van der Waals surface area contributed by atoms with Crippen LogP contribution in [0.1, 0.15) is 39.2 Å². The Labute approximate surface area is 177 Å². The molecule has 0 radical (unpaired) electrons. The van der Waals surface area contributed by atoms with Crippen molar-refractivity contribution in [3.05, 3.63) is 54.5 Å². The Bertz CT molecular complexity index is 947. The summed E-state index contributed by atoms with van der Waals surface area (Å²) in [5, 5.41) is 10.0. The molecular formula is C23H28N4O3. The van der Waals surface area contributed by atoms with Crippen LogP contribution in [0, 0.1) is 0 Å². The average Bonchev–Trinajstić information content (AvgIpc) is 3.02. The van der Waals surface area contributed by atoms with Gasteiger partial charge in [-0.3, -0.25) is 19.6 Å². The molecule has 1 saturated heterocycles. The SMILES string of the molecule is CC(C)Oc1cc(CN2CC[C@]3(C=CC(=O)N3c3cnccn3)C[C@@H]2C)ccc1O. The van der Waals surface area contributed by atoms with Gasteiger partial charge in [0.1, 0.15) is 0 Å². The van der Waals surface area contributed by atoms with Crippen LogP contribution >= 0.6 is 0 Å². The third kappa shape index (κ3) is 3.89. The molecule has 1 fully saturated rings. The van der Waals surface area contributed by atoms with Crippen molar-refractivity contribution < 1.29 is 14.6 Å². The number of amides is 1. The van der Waals surface area contributed by atoms with Crippen LogP contribution in [0.25, 0.3) is 0 Å². The number of nitrogens with zero attached hydrogens (tertiary/aromatic N) is 4. The summed E-state index contributed by atoms with van der Waals surface area (Å²) in [6, 6.07) is 5.80. The number of piperidine rings is 1. The van der Waals surface area contributed by atoms with E-state index in [-0.39, 0.29) is 29.3 Å². The number of anilines is 1. The fourth-order valence-corrected chi connectivity index (χ4v) is 4.47. The molecule has 0 aliphatic carbocycles. The van der Waals surface area contributed by atoms with E-state index >= 15 is 0 Å². The molecule has 0 bridgehead atoms. The van der Waals surface area contributed by atoms with E-state index in [9.17, 15) is 9.90 Å². The van der Waals surface area contributed by atoms with E-state index in [1.807, 2.05) is 32.1 Å². The molecule has 2 aliphatic heterocycles. The Balaban J connectivity index is 1.50. The average molecular weight is 409 g/mol. The molecule has 7 heteroatoms. The number of phenolic OH excluding ortho intramolecular Hbond substituents is 1. The first kappa shape index (κ1) is 20.3. The lowest BCUT2D eigenvalue weighted by atomic mass is 9.83. The standard InChI is InChI=1S/C23H28N4O3/c1-16(2)30-20-12-18(4-5-19(20)28)15-26-11-8-23(13-17(26)3)7-6-22(29)27(23)21-14-24-9-10-25-21/h4-7,9-10,12,14,16-17,28H,8,11,13,15H2,1-3H3/t17-,23+/m0/s1. The van der Waals surface area contributed by atoms with Gasteiger partial charge in [0, 0.05) is 37.6 Å². The normalized spacial score (nSPS) is 24.2. The van der Waals surface area contributed by atoms with Gasteiger partial charge in [-0.2, -0.15) is 0 Å². The van der Waals surface area contributed by atoms with Gasteiger partial charge in [0.15, 0.2) is 17.3 Å². The van der Waals surface area contributed by atoms with Crippen molar-refractivity contribution in [2.24, 2.45) is 0 Å². The monoisotopic (exact) mass is 408 g/mol. The lowest BCUT2D eigenvalue weighted by Gasteiger charge is -2.47. The second-order valence-corrected chi connectivity index (χ2v) is 8.42. The minimum Gasteiger partial charge on any atom is -0.504 e. The number of hydrogen-bond acceptors (Lipinski definition) is 6. The van der Waals surface area contributed by atoms with E-state index in [0.29, 0.717) is 11.6 Å². The van der Waals surface area contributed by atoms with Crippen LogP contribution in [0.4, 0.5) is 5.82 Å². The molecule has 2 atom stereocenters. The van der Waals surface area contributed by atoms with Crippen LogP contribution in [-0.4, -0.2) is 50.1 Å². The van der Waals surface area contributed by atoms with Crippen molar-refractivity contribution in [2.45, 2.75) is 57.8 Å². The smallest absolute Gasteiger partial charge is 0.252 e. The number of ether oxygens (including phenoxy) is 1. The molecule has 1 aromatic heterocycles. The fraction of sp³-hybridized carbons (Fsp3) is 0.435. The predicted molar refractivity (Wildman–Crippen MR) is 114 cm³/mol. The first-order valence-electron chi connectivity index (χ1n) is 10.4. The van der Waals surface area contributed by atoms with Gasteiger partial charge < -0.3 is 9.84 Å². The number of phenols is 1. The Morgan fingerprint density at radius 1 is 1.33 bits per heavy atom. The summed E-state index contributed by atoms with van der Waals surface area (Å²) in [7, 11) is 0. The van der Waals surface area contributed by atoms with Crippen LogP contribution in [0.15, 0.2) is 48.9 Å². The predicted octanol–water partition coefficient (Wildman–Crippen LogP) is 3.30. The van der Waals surface area contributed by atoms with Gasteiger partial charge in [0.25, 0.3) is 5.91 Å². The van der Waals surface area contributed by atoms with Crippen LogP contribution < -0.4 is 9.64 Å². The first-order chi connectivity index (χ1) is 14.4. The summed E-state index contributed by atoms with van der Waals surface area (Å²) in [6.45, 7) is 7.68. The van der Waals surface area contributed by atoms with Gasteiger partial charge in [-0.25, -0.2) is 4.98 Å². The molecule has 0 saturated carbocycles. The largest absolute Gasteiger partial charge is 0.504 e. The van der Waals surface area contributed by atoms with Gasteiger partial charge in [-0.15, -0.1) is 0 Å². The third-order valence-corrected chi connectivity index (χ3v) is 5.86. The summed E-state index contributed by atoms with van der Waals surface area (Å²) in [4.78, 5) is 25.3. The van der Waals surface area contributed by atoms with Gasteiger partial charge in [0.05, 0.1) is 17.8 Å². The van der Waals surface area contributed by atoms with E-state index in [4.69, 9.17) is 4.74 Å². The number of carbonyl (C=O) groups is 1. The highest BCUT2D eigenvalue weighted by Gasteiger charge is 2.47.